The highest BCUT2D eigenvalue weighted by atomic mass is 19.3. The van der Waals surface area contributed by atoms with Gasteiger partial charge in [0.1, 0.15) is 5.60 Å². The van der Waals surface area contributed by atoms with Crippen LogP contribution in [0.5, 0.6) is 0 Å². The molecule has 1 aromatic carbocycles. The Labute approximate surface area is 130 Å². The van der Waals surface area contributed by atoms with Gasteiger partial charge in [0.15, 0.2) is 0 Å². The van der Waals surface area contributed by atoms with Crippen LogP contribution in [-0.2, 0) is 11.2 Å². The summed E-state index contributed by atoms with van der Waals surface area (Å²) >= 11 is 0. The smallest absolute Gasteiger partial charge is 0.407 e. The van der Waals surface area contributed by atoms with E-state index < -0.39 is 30.7 Å². The normalized spacial score (nSPS) is 12.0. The molecule has 0 aliphatic heterocycles. The summed E-state index contributed by atoms with van der Waals surface area (Å²) in [5.41, 5.74) is 0.387. The lowest BCUT2D eigenvalue weighted by Gasteiger charge is -2.22. The molecule has 1 rings (SSSR count). The van der Waals surface area contributed by atoms with E-state index >= 15 is 0 Å². The Balaban J connectivity index is 2.22. The Hall–Kier alpha value is -1.69. The summed E-state index contributed by atoms with van der Waals surface area (Å²) in [6.07, 6.45) is -0.160. The average Bonchev–Trinajstić information content (AvgIpc) is 2.41. The minimum Gasteiger partial charge on any atom is -0.444 e. The zero-order valence-electron chi connectivity index (χ0n) is 13.3. The van der Waals surface area contributed by atoms with Gasteiger partial charge < -0.3 is 15.4 Å². The molecule has 0 aliphatic carbocycles. The quantitative estimate of drug-likeness (QED) is 0.761. The van der Waals surface area contributed by atoms with Crippen molar-refractivity contribution in [1.29, 1.82) is 0 Å². The molecule has 1 amide bonds. The first-order chi connectivity index (χ1) is 10.2. The first-order valence-electron chi connectivity index (χ1n) is 7.27. The van der Waals surface area contributed by atoms with E-state index in [1.807, 2.05) is 30.3 Å². The number of carbonyl (C=O) groups is 1. The average molecular weight is 314 g/mol. The number of alkyl halides is 2. The van der Waals surface area contributed by atoms with Crippen LogP contribution in [0, 0.1) is 0 Å². The van der Waals surface area contributed by atoms with Crippen LogP contribution in [0.2, 0.25) is 0 Å². The second-order valence-corrected chi connectivity index (χ2v) is 6.12. The molecule has 0 bridgehead atoms. The molecule has 0 radical (unpaired) electrons. The van der Waals surface area contributed by atoms with E-state index in [0.717, 1.165) is 5.56 Å². The minimum atomic E-state index is -3.02. The summed E-state index contributed by atoms with van der Waals surface area (Å²) in [5, 5.41) is 4.79. The monoisotopic (exact) mass is 314 g/mol. The van der Waals surface area contributed by atoms with Gasteiger partial charge >= 0.3 is 6.09 Å². The predicted octanol–water partition coefficient (Wildman–Crippen LogP) is 2.98. The molecule has 2 N–H and O–H groups in total. The fraction of sp³-hybridized carbons (Fsp3) is 0.562. The number of alkyl carbamates (subject to hydrolysis) is 1. The minimum absolute atomic E-state index is 0.450. The number of halogens is 2. The van der Waals surface area contributed by atoms with Gasteiger partial charge in [0.2, 0.25) is 0 Å². The summed E-state index contributed by atoms with van der Waals surface area (Å²) in [6.45, 7) is 4.24. The summed E-state index contributed by atoms with van der Waals surface area (Å²) in [4.78, 5) is 11.3. The Morgan fingerprint density at radius 3 is 2.36 bits per heavy atom. The molecule has 0 heterocycles. The van der Waals surface area contributed by atoms with Gasteiger partial charge in [-0.05, 0) is 39.3 Å². The van der Waals surface area contributed by atoms with Crippen LogP contribution in [0.4, 0.5) is 13.6 Å². The number of hydrogen-bond acceptors (Lipinski definition) is 3. The molecule has 0 aliphatic rings. The van der Waals surface area contributed by atoms with E-state index in [2.05, 4.69) is 10.6 Å². The topological polar surface area (TPSA) is 50.4 Å². The van der Waals surface area contributed by atoms with Crippen molar-refractivity contribution in [3.63, 3.8) is 0 Å². The molecule has 6 heteroatoms. The second-order valence-electron chi connectivity index (χ2n) is 6.12. The first kappa shape index (κ1) is 18.4. The highest BCUT2D eigenvalue weighted by Gasteiger charge is 2.29. The standard InChI is InChI=1S/C16H24F2N2O2/c1-15(2,3)22-14(21)20-12-16(17,18)11-19-10-9-13-7-5-4-6-8-13/h4-8,19H,9-12H2,1-3H3,(H,20,21). The maximum Gasteiger partial charge on any atom is 0.407 e. The van der Waals surface area contributed by atoms with Crippen LogP contribution in [0.3, 0.4) is 0 Å². The van der Waals surface area contributed by atoms with Crippen LogP contribution >= 0.6 is 0 Å². The fourth-order valence-electron chi connectivity index (χ4n) is 1.73. The van der Waals surface area contributed by atoms with Crippen molar-refractivity contribution in [2.75, 3.05) is 19.6 Å². The van der Waals surface area contributed by atoms with Crippen molar-refractivity contribution in [2.24, 2.45) is 0 Å². The van der Waals surface area contributed by atoms with Crippen LogP contribution < -0.4 is 10.6 Å². The van der Waals surface area contributed by atoms with E-state index in [1.165, 1.54) is 0 Å². The van der Waals surface area contributed by atoms with Crippen molar-refractivity contribution in [3.05, 3.63) is 35.9 Å². The number of rotatable bonds is 7. The predicted molar refractivity (Wildman–Crippen MR) is 82.2 cm³/mol. The van der Waals surface area contributed by atoms with Crippen LogP contribution in [0.25, 0.3) is 0 Å². The Kier molecular flexibility index (Phi) is 6.74. The number of amides is 1. The molecule has 0 fully saturated rings. The van der Waals surface area contributed by atoms with Crippen molar-refractivity contribution in [1.82, 2.24) is 10.6 Å². The summed E-state index contributed by atoms with van der Waals surface area (Å²) in [5.74, 6) is -3.02. The van der Waals surface area contributed by atoms with E-state index in [9.17, 15) is 13.6 Å². The van der Waals surface area contributed by atoms with Gasteiger partial charge in [0.05, 0.1) is 13.1 Å². The molecule has 0 saturated carbocycles. The SMILES string of the molecule is CC(C)(C)OC(=O)NCC(F)(F)CNCCc1ccccc1. The van der Waals surface area contributed by atoms with Crippen LogP contribution in [-0.4, -0.2) is 37.3 Å². The highest BCUT2D eigenvalue weighted by molar-refractivity contribution is 5.67. The third-order valence-corrected chi connectivity index (χ3v) is 2.71. The molecule has 0 atom stereocenters. The lowest BCUT2D eigenvalue weighted by molar-refractivity contribution is -0.00330. The highest BCUT2D eigenvalue weighted by Crippen LogP contribution is 2.11. The maximum absolute atomic E-state index is 13.6. The molecular formula is C16H24F2N2O2. The molecule has 22 heavy (non-hydrogen) atoms. The first-order valence-corrected chi connectivity index (χ1v) is 7.27. The Morgan fingerprint density at radius 1 is 1.14 bits per heavy atom. The van der Waals surface area contributed by atoms with Gasteiger partial charge in [-0.25, -0.2) is 13.6 Å². The van der Waals surface area contributed by atoms with Crippen molar-refractivity contribution in [2.45, 2.75) is 38.7 Å². The van der Waals surface area contributed by atoms with Crippen LogP contribution in [0.1, 0.15) is 26.3 Å². The number of benzene rings is 1. The number of nitrogens with one attached hydrogen (secondary N) is 2. The molecule has 4 nitrogen and oxygen atoms in total. The van der Waals surface area contributed by atoms with Crippen molar-refractivity contribution >= 4 is 6.09 Å². The number of hydrogen-bond donors (Lipinski definition) is 2. The zero-order valence-corrected chi connectivity index (χ0v) is 13.3. The van der Waals surface area contributed by atoms with Crippen LogP contribution in [0.15, 0.2) is 30.3 Å². The molecule has 0 spiro atoms. The summed E-state index contributed by atoms with van der Waals surface area (Å²) in [6, 6.07) is 9.63. The molecule has 0 saturated heterocycles. The van der Waals surface area contributed by atoms with Gasteiger partial charge in [0, 0.05) is 0 Å². The largest absolute Gasteiger partial charge is 0.444 e. The van der Waals surface area contributed by atoms with Gasteiger partial charge in [-0.2, -0.15) is 0 Å². The van der Waals surface area contributed by atoms with Gasteiger partial charge in [-0.3, -0.25) is 0 Å². The second kappa shape index (κ2) is 8.08. The molecule has 124 valence electrons. The van der Waals surface area contributed by atoms with Crippen molar-refractivity contribution < 1.29 is 18.3 Å². The zero-order chi connectivity index (χ0) is 16.6. The summed E-state index contributed by atoms with van der Waals surface area (Å²) < 4.78 is 32.1. The van der Waals surface area contributed by atoms with E-state index in [0.29, 0.717) is 13.0 Å². The van der Waals surface area contributed by atoms with Crippen molar-refractivity contribution in [3.8, 4) is 0 Å². The fourth-order valence-corrected chi connectivity index (χ4v) is 1.73. The number of carbonyl (C=O) groups excluding carboxylic acids is 1. The summed E-state index contributed by atoms with van der Waals surface area (Å²) in [7, 11) is 0. The van der Waals surface area contributed by atoms with E-state index in [4.69, 9.17) is 4.74 Å². The Bertz CT molecular complexity index is 459. The lowest BCUT2D eigenvalue weighted by atomic mass is 10.1. The third-order valence-electron chi connectivity index (χ3n) is 2.71. The maximum atomic E-state index is 13.6. The van der Waals surface area contributed by atoms with Gasteiger partial charge in [-0.1, -0.05) is 30.3 Å². The Morgan fingerprint density at radius 2 is 1.77 bits per heavy atom. The number of ether oxygens (including phenoxy) is 1. The molecule has 0 unspecified atom stereocenters. The third kappa shape index (κ3) is 8.56. The lowest BCUT2D eigenvalue weighted by Crippen LogP contribution is -2.45. The molecule has 0 aromatic heterocycles. The van der Waals surface area contributed by atoms with E-state index in [1.54, 1.807) is 20.8 Å². The van der Waals surface area contributed by atoms with Gasteiger partial charge in [-0.15, -0.1) is 0 Å². The molecular weight excluding hydrogens is 290 g/mol. The van der Waals surface area contributed by atoms with Gasteiger partial charge in [0.25, 0.3) is 5.92 Å². The molecule has 1 aromatic rings. The van der Waals surface area contributed by atoms with E-state index in [-0.39, 0.29) is 0 Å².